The molecule has 0 aliphatic carbocycles. The van der Waals surface area contributed by atoms with E-state index in [2.05, 4.69) is 20.2 Å². The number of H-pyrrole nitrogens is 1. The van der Waals surface area contributed by atoms with Gasteiger partial charge in [0.05, 0.1) is 22.0 Å². The molecule has 8 heteroatoms. The highest BCUT2D eigenvalue weighted by atomic mass is 32.2. The van der Waals surface area contributed by atoms with Crippen LogP contribution < -0.4 is 0 Å². The molecule has 0 aliphatic heterocycles. The molecule has 0 bridgehead atoms. The van der Waals surface area contributed by atoms with Crippen molar-refractivity contribution in [3.63, 3.8) is 0 Å². The molecular weight excluding hydrogens is 318 g/mol. The number of nitrogens with zero attached hydrogens (tertiary/aromatic N) is 4. The highest BCUT2D eigenvalue weighted by Crippen LogP contribution is 2.29. The van der Waals surface area contributed by atoms with Gasteiger partial charge in [0.1, 0.15) is 11.3 Å². The predicted molar refractivity (Wildman–Crippen MR) is 87.9 cm³/mol. The van der Waals surface area contributed by atoms with Gasteiger partial charge in [0, 0.05) is 7.05 Å². The summed E-state index contributed by atoms with van der Waals surface area (Å²) in [6.45, 7) is 1.99. The minimum atomic E-state index is -0.0553. The second kappa shape index (κ2) is 6.45. The number of aromatic nitrogens is 4. The van der Waals surface area contributed by atoms with Crippen LogP contribution in [0.2, 0.25) is 0 Å². The van der Waals surface area contributed by atoms with E-state index in [1.54, 1.807) is 23.3 Å². The van der Waals surface area contributed by atoms with E-state index in [1.807, 2.05) is 31.2 Å². The zero-order valence-electron chi connectivity index (χ0n) is 12.2. The van der Waals surface area contributed by atoms with Crippen LogP contribution in [0.1, 0.15) is 18.0 Å². The maximum Gasteiger partial charge on any atom is 0.233 e. The van der Waals surface area contributed by atoms with E-state index in [0.29, 0.717) is 10.9 Å². The standard InChI is InChI=1S/C14H15N5OS2/c1-9(13-17-10-5-3-4-6-11(10)22-13)19(2)12(20)7-21-14-15-8-16-18-14/h3-6,8-9H,7H2,1-2H3,(H,15,16,18)/t9-/m1/s1. The number of carbonyl (C=O) groups excluding carboxylic acids is 1. The third-order valence-electron chi connectivity index (χ3n) is 3.37. The van der Waals surface area contributed by atoms with Gasteiger partial charge < -0.3 is 4.90 Å². The van der Waals surface area contributed by atoms with Crippen LogP contribution >= 0.6 is 23.1 Å². The average Bonchev–Trinajstić information content (AvgIpc) is 3.19. The fraction of sp³-hybridized carbons (Fsp3) is 0.286. The molecule has 6 nitrogen and oxygen atoms in total. The van der Waals surface area contributed by atoms with E-state index in [-0.39, 0.29) is 11.9 Å². The van der Waals surface area contributed by atoms with Crippen molar-refractivity contribution in [2.45, 2.75) is 18.1 Å². The molecule has 0 spiro atoms. The summed E-state index contributed by atoms with van der Waals surface area (Å²) in [5, 5.41) is 8.09. The first-order valence-corrected chi connectivity index (χ1v) is 8.54. The van der Waals surface area contributed by atoms with Gasteiger partial charge in [-0.1, -0.05) is 23.9 Å². The lowest BCUT2D eigenvalue weighted by molar-refractivity contribution is -0.128. The van der Waals surface area contributed by atoms with Gasteiger partial charge in [-0.25, -0.2) is 9.97 Å². The highest BCUT2D eigenvalue weighted by molar-refractivity contribution is 7.99. The van der Waals surface area contributed by atoms with Crippen LogP contribution in [0.5, 0.6) is 0 Å². The number of hydrogen-bond donors (Lipinski definition) is 1. The average molecular weight is 333 g/mol. The number of fused-ring (bicyclic) bond motifs is 1. The van der Waals surface area contributed by atoms with Gasteiger partial charge in [0.2, 0.25) is 5.91 Å². The lowest BCUT2D eigenvalue weighted by atomic mass is 10.3. The van der Waals surface area contributed by atoms with Crippen LogP contribution in [0, 0.1) is 0 Å². The fourth-order valence-corrected chi connectivity index (χ4v) is 3.71. The number of carbonyl (C=O) groups is 1. The van der Waals surface area contributed by atoms with Crippen molar-refractivity contribution in [2.24, 2.45) is 0 Å². The van der Waals surface area contributed by atoms with Crippen molar-refractivity contribution in [3.05, 3.63) is 35.6 Å². The quantitative estimate of drug-likeness (QED) is 0.727. The Kier molecular flexibility index (Phi) is 4.39. The predicted octanol–water partition coefficient (Wildman–Crippen LogP) is 2.73. The van der Waals surface area contributed by atoms with E-state index in [1.165, 1.54) is 18.1 Å². The first-order chi connectivity index (χ1) is 10.6. The van der Waals surface area contributed by atoms with Crippen LogP contribution in [-0.2, 0) is 4.79 Å². The van der Waals surface area contributed by atoms with Gasteiger partial charge in [-0.3, -0.25) is 9.89 Å². The number of thioether (sulfide) groups is 1. The number of rotatable bonds is 5. The Morgan fingerprint density at radius 1 is 1.45 bits per heavy atom. The van der Waals surface area contributed by atoms with Gasteiger partial charge in [0.25, 0.3) is 0 Å². The number of aromatic amines is 1. The number of nitrogens with one attached hydrogen (secondary N) is 1. The van der Waals surface area contributed by atoms with Gasteiger partial charge >= 0.3 is 0 Å². The lowest BCUT2D eigenvalue weighted by Crippen LogP contribution is -2.31. The summed E-state index contributed by atoms with van der Waals surface area (Å²) in [4.78, 5) is 22.6. The zero-order chi connectivity index (χ0) is 15.5. The second-order valence-corrected chi connectivity index (χ2v) is 6.81. The molecule has 22 heavy (non-hydrogen) atoms. The Bertz CT molecular complexity index is 737. The summed E-state index contributed by atoms with van der Waals surface area (Å²) < 4.78 is 1.14. The molecular formula is C14H15N5OS2. The molecule has 0 fully saturated rings. The molecule has 1 aromatic carbocycles. The summed E-state index contributed by atoms with van der Waals surface area (Å²) in [6.07, 6.45) is 1.43. The molecule has 114 valence electrons. The Labute approximate surface area is 136 Å². The molecule has 1 N–H and O–H groups in total. The van der Waals surface area contributed by atoms with Crippen molar-refractivity contribution in [3.8, 4) is 0 Å². The molecule has 0 aliphatic rings. The van der Waals surface area contributed by atoms with Crippen LogP contribution in [0.15, 0.2) is 35.7 Å². The largest absolute Gasteiger partial charge is 0.336 e. The number of hydrogen-bond acceptors (Lipinski definition) is 6. The summed E-state index contributed by atoms with van der Waals surface area (Å²) in [6, 6.07) is 7.95. The molecule has 2 heterocycles. The molecule has 0 saturated carbocycles. The number of para-hydroxylation sites is 1. The van der Waals surface area contributed by atoms with E-state index in [9.17, 15) is 4.79 Å². The smallest absolute Gasteiger partial charge is 0.233 e. The number of thiazole rings is 1. The van der Waals surface area contributed by atoms with E-state index in [4.69, 9.17) is 0 Å². The van der Waals surface area contributed by atoms with E-state index >= 15 is 0 Å². The maximum absolute atomic E-state index is 12.3. The molecule has 1 atom stereocenters. The molecule has 0 radical (unpaired) electrons. The molecule has 2 aromatic heterocycles. The van der Waals surface area contributed by atoms with Gasteiger partial charge in [-0.15, -0.1) is 11.3 Å². The molecule has 0 unspecified atom stereocenters. The summed E-state index contributed by atoms with van der Waals surface area (Å²) in [5.41, 5.74) is 0.978. The Morgan fingerprint density at radius 3 is 3.00 bits per heavy atom. The minimum absolute atomic E-state index is 0.0353. The van der Waals surface area contributed by atoms with Gasteiger partial charge in [-0.2, -0.15) is 5.10 Å². The maximum atomic E-state index is 12.3. The number of amides is 1. The molecule has 0 saturated heterocycles. The Hall–Kier alpha value is -1.93. The van der Waals surface area contributed by atoms with Crippen LogP contribution in [0.4, 0.5) is 0 Å². The summed E-state index contributed by atoms with van der Waals surface area (Å²) in [7, 11) is 1.81. The van der Waals surface area contributed by atoms with Crippen molar-refractivity contribution in [2.75, 3.05) is 12.8 Å². The zero-order valence-corrected chi connectivity index (χ0v) is 13.8. The SMILES string of the molecule is C[C@H](c1nc2ccccc2s1)N(C)C(=O)CSc1ncn[nH]1. The van der Waals surface area contributed by atoms with Crippen molar-refractivity contribution in [1.82, 2.24) is 25.1 Å². The number of benzene rings is 1. The van der Waals surface area contributed by atoms with E-state index < -0.39 is 0 Å². The minimum Gasteiger partial charge on any atom is -0.336 e. The first kappa shape index (κ1) is 15.0. The van der Waals surface area contributed by atoms with Crippen LogP contribution in [-0.4, -0.2) is 43.8 Å². The topological polar surface area (TPSA) is 74.8 Å². The van der Waals surface area contributed by atoms with Crippen LogP contribution in [0.25, 0.3) is 10.2 Å². The normalized spacial score (nSPS) is 12.5. The Morgan fingerprint density at radius 2 is 2.27 bits per heavy atom. The van der Waals surface area contributed by atoms with Crippen molar-refractivity contribution >= 4 is 39.2 Å². The first-order valence-electron chi connectivity index (χ1n) is 6.74. The summed E-state index contributed by atoms with van der Waals surface area (Å²) >= 11 is 2.97. The lowest BCUT2D eigenvalue weighted by Gasteiger charge is -2.22. The third-order valence-corrected chi connectivity index (χ3v) is 5.44. The molecule has 3 aromatic rings. The van der Waals surface area contributed by atoms with Gasteiger partial charge in [0.15, 0.2) is 5.16 Å². The monoisotopic (exact) mass is 333 g/mol. The van der Waals surface area contributed by atoms with Crippen molar-refractivity contribution in [1.29, 1.82) is 0 Å². The van der Waals surface area contributed by atoms with E-state index in [0.717, 1.165) is 15.2 Å². The molecule has 1 amide bonds. The van der Waals surface area contributed by atoms with Crippen molar-refractivity contribution < 1.29 is 4.79 Å². The second-order valence-electron chi connectivity index (χ2n) is 4.78. The molecule has 3 rings (SSSR count). The highest BCUT2D eigenvalue weighted by Gasteiger charge is 2.20. The fourth-order valence-electron chi connectivity index (χ4n) is 1.95. The summed E-state index contributed by atoms with van der Waals surface area (Å²) in [5.74, 6) is 0.356. The third kappa shape index (κ3) is 3.12. The van der Waals surface area contributed by atoms with Gasteiger partial charge in [-0.05, 0) is 19.1 Å². The Balaban J connectivity index is 1.67. The van der Waals surface area contributed by atoms with Crippen LogP contribution in [0.3, 0.4) is 0 Å².